The highest BCUT2D eigenvalue weighted by Gasteiger charge is 2.37. The lowest BCUT2D eigenvalue weighted by molar-refractivity contribution is -0.111. The van der Waals surface area contributed by atoms with Crippen molar-refractivity contribution in [1.29, 1.82) is 0 Å². The van der Waals surface area contributed by atoms with Gasteiger partial charge in [0.15, 0.2) is 9.84 Å². The third kappa shape index (κ3) is 4.88. The number of aromatic nitrogens is 1. The molecule has 1 amide bonds. The molecule has 0 spiro atoms. The van der Waals surface area contributed by atoms with E-state index in [1.54, 1.807) is 12.1 Å². The first-order valence-corrected chi connectivity index (χ1v) is 12.0. The number of pyridine rings is 1. The zero-order valence-electron chi connectivity index (χ0n) is 17.2. The average molecular weight is 463 g/mol. The molecule has 3 atom stereocenters. The van der Waals surface area contributed by atoms with Crippen molar-refractivity contribution >= 4 is 27.1 Å². The molecule has 6 nitrogen and oxygen atoms in total. The van der Waals surface area contributed by atoms with Gasteiger partial charge in [0.2, 0.25) is 0 Å². The molecular formula is C23H24F2N2O4S. The molecule has 0 unspecified atom stereocenters. The predicted molar refractivity (Wildman–Crippen MR) is 116 cm³/mol. The number of rotatable bonds is 7. The summed E-state index contributed by atoms with van der Waals surface area (Å²) in [6, 6.07) is 9.15. The SMILES string of the molecule is O=C(Nc1ccc(CO)cn1)/C(=C/[C@H]1C[C@@H](F)[C@@H](F)C1)c1ccc(S(=O)(=O)C2CC2)cc1. The van der Waals surface area contributed by atoms with Crippen LogP contribution in [-0.4, -0.2) is 42.0 Å². The van der Waals surface area contributed by atoms with Crippen LogP contribution >= 0.6 is 0 Å². The molecule has 2 aliphatic rings. The fourth-order valence-electron chi connectivity index (χ4n) is 3.82. The monoisotopic (exact) mass is 462 g/mol. The maximum atomic E-state index is 13.7. The summed E-state index contributed by atoms with van der Waals surface area (Å²) in [6.07, 6.45) is 1.10. The van der Waals surface area contributed by atoms with E-state index in [0.29, 0.717) is 24.0 Å². The van der Waals surface area contributed by atoms with Gasteiger partial charge in [-0.25, -0.2) is 22.2 Å². The molecule has 0 saturated heterocycles. The highest BCUT2D eigenvalue weighted by molar-refractivity contribution is 7.92. The summed E-state index contributed by atoms with van der Waals surface area (Å²) in [4.78, 5) is 17.3. The Kier molecular flexibility index (Phi) is 6.39. The fourth-order valence-corrected chi connectivity index (χ4v) is 5.47. The van der Waals surface area contributed by atoms with Crippen LogP contribution in [0.25, 0.3) is 5.57 Å². The molecule has 2 aromatic rings. The van der Waals surface area contributed by atoms with Crippen LogP contribution in [0.15, 0.2) is 53.6 Å². The Morgan fingerprint density at radius 2 is 1.75 bits per heavy atom. The van der Waals surface area contributed by atoms with Gasteiger partial charge in [-0.15, -0.1) is 0 Å². The van der Waals surface area contributed by atoms with Crippen LogP contribution in [0.1, 0.15) is 36.8 Å². The van der Waals surface area contributed by atoms with Crippen molar-refractivity contribution < 1.29 is 27.1 Å². The molecule has 2 N–H and O–H groups in total. The highest BCUT2D eigenvalue weighted by atomic mass is 32.2. The van der Waals surface area contributed by atoms with Crippen molar-refractivity contribution in [2.24, 2.45) is 5.92 Å². The number of amides is 1. The second kappa shape index (κ2) is 9.07. The Morgan fingerprint density at radius 3 is 2.28 bits per heavy atom. The first-order chi connectivity index (χ1) is 15.3. The Bertz CT molecular complexity index is 1100. The number of nitrogens with one attached hydrogen (secondary N) is 1. The Labute approximate surface area is 185 Å². The lowest BCUT2D eigenvalue weighted by Gasteiger charge is -2.13. The molecule has 170 valence electrons. The Balaban J connectivity index is 1.62. The average Bonchev–Trinajstić information content (AvgIpc) is 3.59. The third-order valence-electron chi connectivity index (χ3n) is 5.80. The van der Waals surface area contributed by atoms with Crippen LogP contribution in [0.2, 0.25) is 0 Å². The summed E-state index contributed by atoms with van der Waals surface area (Å²) in [5.41, 5.74) is 1.22. The van der Waals surface area contributed by atoms with Gasteiger partial charge in [0, 0.05) is 11.8 Å². The number of carbonyl (C=O) groups excluding carboxylic acids is 1. The standard InChI is InChI=1S/C23H24F2N2O4S/c24-20-10-15(11-21(20)25)9-19(23(29)27-22-8-1-14(13-28)12-26-22)16-2-4-17(5-3-16)32(30,31)18-6-7-18/h1-5,8-9,12,15,18,20-21,28H,6-7,10-11,13H2,(H,26,27,29)/b19-9+/t15-,20+,21-. The van der Waals surface area contributed by atoms with E-state index >= 15 is 0 Å². The molecule has 32 heavy (non-hydrogen) atoms. The van der Waals surface area contributed by atoms with E-state index < -0.39 is 34.0 Å². The number of nitrogens with zero attached hydrogens (tertiary/aromatic N) is 1. The van der Waals surface area contributed by atoms with Gasteiger partial charge in [-0.1, -0.05) is 24.3 Å². The van der Waals surface area contributed by atoms with E-state index in [9.17, 15) is 22.0 Å². The molecule has 1 heterocycles. The van der Waals surface area contributed by atoms with E-state index in [1.807, 2.05) is 0 Å². The number of sulfone groups is 1. The number of halogens is 2. The van der Waals surface area contributed by atoms with Gasteiger partial charge in [-0.05, 0) is 60.9 Å². The van der Waals surface area contributed by atoms with Crippen LogP contribution in [0.5, 0.6) is 0 Å². The fraction of sp³-hybridized carbons (Fsp3) is 0.391. The molecule has 4 rings (SSSR count). The first-order valence-electron chi connectivity index (χ1n) is 10.5. The summed E-state index contributed by atoms with van der Waals surface area (Å²) in [6.45, 7) is -0.182. The van der Waals surface area contributed by atoms with Crippen molar-refractivity contribution in [1.82, 2.24) is 4.98 Å². The van der Waals surface area contributed by atoms with Crippen molar-refractivity contribution in [3.63, 3.8) is 0 Å². The quantitative estimate of drug-likeness (QED) is 0.613. The molecular weight excluding hydrogens is 438 g/mol. The number of aliphatic hydroxyl groups excluding tert-OH is 1. The zero-order valence-corrected chi connectivity index (χ0v) is 18.1. The van der Waals surface area contributed by atoms with E-state index in [1.165, 1.54) is 36.5 Å². The number of carbonyl (C=O) groups is 1. The largest absolute Gasteiger partial charge is 0.392 e. The van der Waals surface area contributed by atoms with Crippen molar-refractivity contribution in [3.05, 3.63) is 59.8 Å². The molecule has 1 aromatic heterocycles. The van der Waals surface area contributed by atoms with Gasteiger partial charge in [0.1, 0.15) is 18.2 Å². The van der Waals surface area contributed by atoms with Gasteiger partial charge < -0.3 is 10.4 Å². The summed E-state index contributed by atoms with van der Waals surface area (Å²) >= 11 is 0. The van der Waals surface area contributed by atoms with E-state index in [-0.39, 0.29) is 41.0 Å². The number of aliphatic hydroxyl groups is 1. The van der Waals surface area contributed by atoms with Crippen LogP contribution in [0, 0.1) is 5.92 Å². The third-order valence-corrected chi connectivity index (χ3v) is 8.08. The molecule has 2 saturated carbocycles. The lowest BCUT2D eigenvalue weighted by Crippen LogP contribution is -2.16. The number of benzene rings is 1. The molecule has 2 aliphatic carbocycles. The second-order valence-corrected chi connectivity index (χ2v) is 10.5. The molecule has 1 aromatic carbocycles. The maximum Gasteiger partial charge on any atom is 0.257 e. The van der Waals surface area contributed by atoms with Crippen LogP contribution in [0.3, 0.4) is 0 Å². The number of allylic oxidation sites excluding steroid dienone is 1. The molecule has 0 radical (unpaired) electrons. The Morgan fingerprint density at radius 1 is 1.09 bits per heavy atom. The van der Waals surface area contributed by atoms with Gasteiger partial charge in [-0.3, -0.25) is 4.79 Å². The van der Waals surface area contributed by atoms with Crippen LogP contribution in [-0.2, 0) is 21.2 Å². The van der Waals surface area contributed by atoms with Gasteiger partial charge >= 0.3 is 0 Å². The molecule has 2 fully saturated rings. The topological polar surface area (TPSA) is 96.4 Å². The number of hydrogen-bond acceptors (Lipinski definition) is 5. The minimum absolute atomic E-state index is 0.0183. The van der Waals surface area contributed by atoms with Crippen molar-refractivity contribution in [3.8, 4) is 0 Å². The first kappa shape index (κ1) is 22.5. The summed E-state index contributed by atoms with van der Waals surface area (Å²) < 4.78 is 52.3. The predicted octanol–water partition coefficient (Wildman–Crippen LogP) is 3.62. The number of alkyl halides is 2. The summed E-state index contributed by atoms with van der Waals surface area (Å²) in [7, 11) is -3.37. The van der Waals surface area contributed by atoms with Crippen LogP contribution in [0.4, 0.5) is 14.6 Å². The Hall–Kier alpha value is -2.65. The molecule has 0 bridgehead atoms. The minimum atomic E-state index is -3.37. The molecule has 9 heteroatoms. The lowest BCUT2D eigenvalue weighted by atomic mass is 9.98. The minimum Gasteiger partial charge on any atom is -0.392 e. The second-order valence-electron chi connectivity index (χ2n) is 8.28. The van der Waals surface area contributed by atoms with Crippen molar-refractivity contribution in [2.45, 2.75) is 54.8 Å². The van der Waals surface area contributed by atoms with Gasteiger partial charge in [0.05, 0.1) is 16.8 Å². The summed E-state index contributed by atoms with van der Waals surface area (Å²) in [5, 5.41) is 11.4. The van der Waals surface area contributed by atoms with Gasteiger partial charge in [-0.2, -0.15) is 0 Å². The van der Waals surface area contributed by atoms with E-state index in [4.69, 9.17) is 5.11 Å². The zero-order chi connectivity index (χ0) is 22.9. The molecule has 0 aliphatic heterocycles. The van der Waals surface area contributed by atoms with Crippen LogP contribution < -0.4 is 5.32 Å². The van der Waals surface area contributed by atoms with Gasteiger partial charge in [0.25, 0.3) is 5.91 Å². The van der Waals surface area contributed by atoms with E-state index in [0.717, 1.165) is 0 Å². The highest BCUT2D eigenvalue weighted by Crippen LogP contribution is 2.36. The smallest absolute Gasteiger partial charge is 0.257 e. The van der Waals surface area contributed by atoms with E-state index in [2.05, 4.69) is 10.3 Å². The number of anilines is 1. The normalized spacial score (nSPS) is 23.8. The summed E-state index contributed by atoms with van der Waals surface area (Å²) in [5.74, 6) is -0.727. The number of hydrogen-bond donors (Lipinski definition) is 2. The van der Waals surface area contributed by atoms with Crippen molar-refractivity contribution in [2.75, 3.05) is 5.32 Å². The maximum absolute atomic E-state index is 13.7.